The number of aromatic nitrogens is 1. The number of benzene rings is 1. The maximum absolute atomic E-state index is 5.95. The maximum Gasteiger partial charge on any atom is 0.505 e. The molecule has 1 aromatic carbocycles. The fourth-order valence-electron chi connectivity index (χ4n) is 1.91. The van der Waals surface area contributed by atoms with Gasteiger partial charge in [-0.2, -0.15) is 0 Å². The zero-order valence-corrected chi connectivity index (χ0v) is 12.8. The zero-order valence-electron chi connectivity index (χ0n) is 11.8. The molecule has 5 heteroatoms. The Morgan fingerprint density at radius 3 is 2.25 bits per heavy atom. The molecule has 0 saturated carbocycles. The second kappa shape index (κ2) is 7.30. The van der Waals surface area contributed by atoms with E-state index in [1.54, 1.807) is 20.4 Å². The third kappa shape index (κ3) is 3.98. The van der Waals surface area contributed by atoms with Gasteiger partial charge in [-0.1, -0.05) is 36.4 Å². The molecule has 0 N–H and O–H groups in total. The smallest absolute Gasteiger partial charge is 0.377 e. The molecule has 0 spiro atoms. The van der Waals surface area contributed by atoms with E-state index in [9.17, 15) is 0 Å². The monoisotopic (exact) mass is 289 g/mol. The fourth-order valence-corrected chi connectivity index (χ4v) is 3.81. The van der Waals surface area contributed by atoms with Crippen LogP contribution in [0.4, 0.5) is 0 Å². The van der Waals surface area contributed by atoms with Crippen LogP contribution in [-0.2, 0) is 25.9 Å². The van der Waals surface area contributed by atoms with Crippen LogP contribution in [0.2, 0.25) is 0 Å². The highest BCUT2D eigenvalue weighted by Gasteiger charge is 2.39. The van der Waals surface area contributed by atoms with Gasteiger partial charge in [0.05, 0.1) is 12.3 Å². The summed E-state index contributed by atoms with van der Waals surface area (Å²) in [4.78, 5) is 4.24. The van der Waals surface area contributed by atoms with E-state index in [0.29, 0.717) is 12.7 Å². The summed E-state index contributed by atoms with van der Waals surface area (Å²) >= 11 is 0. The lowest BCUT2D eigenvalue weighted by atomic mass is 10.2. The SMILES string of the molecule is CO[Si](Cc1ccccc1)(OC)OCc1ccccn1. The summed E-state index contributed by atoms with van der Waals surface area (Å²) in [5.74, 6) is 0. The Morgan fingerprint density at radius 2 is 1.65 bits per heavy atom. The minimum atomic E-state index is -2.71. The van der Waals surface area contributed by atoms with Gasteiger partial charge in [0.1, 0.15) is 0 Å². The third-order valence-electron chi connectivity index (χ3n) is 3.05. The number of pyridine rings is 1. The predicted molar refractivity (Wildman–Crippen MR) is 78.9 cm³/mol. The van der Waals surface area contributed by atoms with E-state index < -0.39 is 8.80 Å². The van der Waals surface area contributed by atoms with Crippen molar-refractivity contribution in [2.24, 2.45) is 0 Å². The van der Waals surface area contributed by atoms with Gasteiger partial charge < -0.3 is 13.3 Å². The van der Waals surface area contributed by atoms with E-state index >= 15 is 0 Å². The zero-order chi connectivity index (χ0) is 14.3. The molecule has 0 fully saturated rings. The summed E-state index contributed by atoms with van der Waals surface area (Å²) in [5, 5.41) is 0. The van der Waals surface area contributed by atoms with Crippen molar-refractivity contribution in [2.45, 2.75) is 12.7 Å². The molecule has 0 saturated heterocycles. The Morgan fingerprint density at radius 1 is 0.950 bits per heavy atom. The van der Waals surface area contributed by atoms with Crippen LogP contribution in [0.15, 0.2) is 54.7 Å². The molecule has 4 nitrogen and oxygen atoms in total. The second-order valence-electron chi connectivity index (χ2n) is 4.36. The number of hydrogen-bond donors (Lipinski definition) is 0. The van der Waals surface area contributed by atoms with Gasteiger partial charge in [-0.05, 0) is 17.7 Å². The Labute approximate surface area is 120 Å². The van der Waals surface area contributed by atoms with Crippen molar-refractivity contribution in [2.75, 3.05) is 14.2 Å². The molecule has 0 bridgehead atoms. The van der Waals surface area contributed by atoms with Gasteiger partial charge in [0, 0.05) is 26.5 Å². The minimum Gasteiger partial charge on any atom is -0.377 e. The van der Waals surface area contributed by atoms with Crippen LogP contribution in [0, 0.1) is 0 Å². The summed E-state index contributed by atoms with van der Waals surface area (Å²) in [6, 6.07) is 16.5. The minimum absolute atomic E-state index is 0.390. The highest BCUT2D eigenvalue weighted by molar-refractivity contribution is 6.60. The van der Waals surface area contributed by atoms with Crippen LogP contribution in [0.1, 0.15) is 11.3 Å². The second-order valence-corrected chi connectivity index (χ2v) is 7.19. The van der Waals surface area contributed by atoms with E-state index in [0.717, 1.165) is 11.3 Å². The molecule has 0 radical (unpaired) electrons. The van der Waals surface area contributed by atoms with Gasteiger partial charge in [-0.25, -0.2) is 0 Å². The molecule has 0 atom stereocenters. The van der Waals surface area contributed by atoms with Crippen molar-refractivity contribution in [1.29, 1.82) is 0 Å². The lowest BCUT2D eigenvalue weighted by Gasteiger charge is -2.26. The Bertz CT molecular complexity index is 503. The summed E-state index contributed by atoms with van der Waals surface area (Å²) < 4.78 is 17.1. The van der Waals surface area contributed by atoms with Gasteiger partial charge in [0.15, 0.2) is 0 Å². The standard InChI is InChI=1S/C15H19NO3Si/c1-17-20(18-2,13-14-8-4-3-5-9-14)19-12-15-10-6-7-11-16-15/h3-11H,12-13H2,1-2H3. The molecule has 2 aromatic rings. The van der Waals surface area contributed by atoms with Crippen LogP contribution < -0.4 is 0 Å². The highest BCUT2D eigenvalue weighted by Crippen LogP contribution is 2.17. The Hall–Kier alpha value is -1.53. The van der Waals surface area contributed by atoms with Crippen molar-refractivity contribution in [3.8, 4) is 0 Å². The Kier molecular flexibility index (Phi) is 5.43. The van der Waals surface area contributed by atoms with Crippen molar-refractivity contribution < 1.29 is 13.3 Å². The lowest BCUT2D eigenvalue weighted by molar-refractivity contribution is 0.0892. The van der Waals surface area contributed by atoms with E-state index in [4.69, 9.17) is 13.3 Å². The lowest BCUT2D eigenvalue weighted by Crippen LogP contribution is -2.46. The predicted octanol–water partition coefficient (Wildman–Crippen LogP) is 2.61. The first kappa shape index (κ1) is 14.9. The average molecular weight is 289 g/mol. The molecule has 0 aliphatic carbocycles. The first-order valence-electron chi connectivity index (χ1n) is 6.46. The van der Waals surface area contributed by atoms with Gasteiger partial charge in [0.25, 0.3) is 0 Å². The number of rotatable bonds is 7. The van der Waals surface area contributed by atoms with Crippen molar-refractivity contribution in [3.63, 3.8) is 0 Å². The Balaban J connectivity index is 2.05. The number of hydrogen-bond acceptors (Lipinski definition) is 4. The third-order valence-corrected chi connectivity index (χ3v) is 5.72. The van der Waals surface area contributed by atoms with Crippen LogP contribution in [0.3, 0.4) is 0 Å². The largest absolute Gasteiger partial charge is 0.505 e. The summed E-state index contributed by atoms with van der Waals surface area (Å²) in [6.45, 7) is 0.390. The van der Waals surface area contributed by atoms with Gasteiger partial charge in [-0.15, -0.1) is 0 Å². The van der Waals surface area contributed by atoms with Crippen molar-refractivity contribution >= 4 is 8.80 Å². The quantitative estimate of drug-likeness (QED) is 0.735. The summed E-state index contributed by atoms with van der Waals surface area (Å²) in [5.41, 5.74) is 2.01. The topological polar surface area (TPSA) is 40.6 Å². The van der Waals surface area contributed by atoms with Gasteiger partial charge in [-0.3, -0.25) is 4.98 Å². The van der Waals surface area contributed by atoms with Crippen LogP contribution >= 0.6 is 0 Å². The summed E-state index contributed by atoms with van der Waals surface area (Å²) in [7, 11) is 0.565. The molecule has 0 amide bonds. The molecule has 0 unspecified atom stereocenters. The molecule has 1 aromatic heterocycles. The summed E-state index contributed by atoms with van der Waals surface area (Å²) in [6.07, 6.45) is 1.75. The molecule has 20 heavy (non-hydrogen) atoms. The van der Waals surface area contributed by atoms with E-state index in [1.807, 2.05) is 48.5 Å². The van der Waals surface area contributed by atoms with Crippen molar-refractivity contribution in [1.82, 2.24) is 4.98 Å². The van der Waals surface area contributed by atoms with Crippen LogP contribution in [-0.4, -0.2) is 28.0 Å². The normalized spacial score (nSPS) is 11.5. The van der Waals surface area contributed by atoms with Crippen LogP contribution in [0.25, 0.3) is 0 Å². The average Bonchev–Trinajstić information content (AvgIpc) is 2.53. The van der Waals surface area contributed by atoms with Crippen molar-refractivity contribution in [3.05, 3.63) is 66.0 Å². The van der Waals surface area contributed by atoms with E-state index in [1.165, 1.54) is 0 Å². The molecule has 106 valence electrons. The first-order valence-corrected chi connectivity index (χ1v) is 8.39. The van der Waals surface area contributed by atoms with Gasteiger partial charge >= 0.3 is 8.80 Å². The van der Waals surface area contributed by atoms with Crippen LogP contribution in [0.5, 0.6) is 0 Å². The molecular weight excluding hydrogens is 270 g/mol. The molecular formula is C15H19NO3Si. The van der Waals surface area contributed by atoms with E-state index in [2.05, 4.69) is 4.98 Å². The number of nitrogens with zero attached hydrogens (tertiary/aromatic N) is 1. The fraction of sp³-hybridized carbons (Fsp3) is 0.267. The molecule has 2 rings (SSSR count). The van der Waals surface area contributed by atoms with Gasteiger partial charge in [0.2, 0.25) is 0 Å². The highest BCUT2D eigenvalue weighted by atomic mass is 28.4. The van der Waals surface area contributed by atoms with E-state index in [-0.39, 0.29) is 0 Å². The maximum atomic E-state index is 5.95. The molecule has 1 heterocycles. The molecule has 0 aliphatic rings. The molecule has 0 aliphatic heterocycles. The first-order chi connectivity index (χ1) is 9.78.